The molecule has 0 bridgehead atoms. The fourth-order valence-corrected chi connectivity index (χ4v) is 3.38. The first kappa shape index (κ1) is 14.8. The number of carbonyl (C=O) groups excluding carboxylic acids is 1. The van der Waals surface area contributed by atoms with E-state index >= 15 is 0 Å². The molecule has 1 amide bonds. The highest BCUT2D eigenvalue weighted by Crippen LogP contribution is 2.24. The molecule has 1 heterocycles. The van der Waals surface area contributed by atoms with Gasteiger partial charge in [0.1, 0.15) is 0 Å². The maximum Gasteiger partial charge on any atom is 0.236 e. The molecule has 1 aliphatic carbocycles. The molecule has 19 heavy (non-hydrogen) atoms. The topological polar surface area (TPSA) is 43.8 Å². The summed E-state index contributed by atoms with van der Waals surface area (Å²) in [5, 5.41) is 9.12. The standard InChI is InChI=1S/C15H28N2O2/c1-16(9-13-5-3-2-4-6-13)15(19)11-17-8-7-14(10-17)12-18/h13-14,18H,2-12H2,1H3. The zero-order valence-electron chi connectivity index (χ0n) is 12.2. The monoisotopic (exact) mass is 268 g/mol. The van der Waals surface area contributed by atoms with Gasteiger partial charge < -0.3 is 10.0 Å². The lowest BCUT2D eigenvalue weighted by molar-refractivity contribution is -0.131. The van der Waals surface area contributed by atoms with Crippen LogP contribution in [0.3, 0.4) is 0 Å². The van der Waals surface area contributed by atoms with Crippen LogP contribution in [0.1, 0.15) is 38.5 Å². The second-order valence-electron chi connectivity index (χ2n) is 6.35. The number of likely N-dealkylation sites (N-methyl/N-ethyl adjacent to an activating group) is 1. The molecule has 2 fully saturated rings. The Morgan fingerprint density at radius 2 is 1.95 bits per heavy atom. The van der Waals surface area contributed by atoms with E-state index in [0.717, 1.165) is 26.1 Å². The van der Waals surface area contributed by atoms with Crippen LogP contribution in [0.2, 0.25) is 0 Å². The van der Waals surface area contributed by atoms with Crippen LogP contribution in [0.4, 0.5) is 0 Å². The van der Waals surface area contributed by atoms with Gasteiger partial charge in [0.15, 0.2) is 0 Å². The van der Waals surface area contributed by atoms with Gasteiger partial charge in [0.2, 0.25) is 5.91 Å². The van der Waals surface area contributed by atoms with Gasteiger partial charge in [-0.05, 0) is 37.6 Å². The van der Waals surface area contributed by atoms with Crippen LogP contribution in [0, 0.1) is 11.8 Å². The molecule has 1 saturated carbocycles. The maximum absolute atomic E-state index is 12.2. The summed E-state index contributed by atoms with van der Waals surface area (Å²) in [6, 6.07) is 0. The number of rotatable bonds is 5. The number of hydrogen-bond acceptors (Lipinski definition) is 3. The Morgan fingerprint density at radius 3 is 2.58 bits per heavy atom. The summed E-state index contributed by atoms with van der Waals surface area (Å²) < 4.78 is 0. The van der Waals surface area contributed by atoms with E-state index in [4.69, 9.17) is 5.11 Å². The summed E-state index contributed by atoms with van der Waals surface area (Å²) >= 11 is 0. The zero-order chi connectivity index (χ0) is 13.7. The third-order valence-corrected chi connectivity index (χ3v) is 4.67. The van der Waals surface area contributed by atoms with E-state index in [1.165, 1.54) is 32.1 Å². The molecule has 0 aromatic carbocycles. The van der Waals surface area contributed by atoms with Crippen molar-refractivity contribution in [1.29, 1.82) is 0 Å². The Kier molecular flexibility index (Phi) is 5.64. The third-order valence-electron chi connectivity index (χ3n) is 4.67. The fraction of sp³-hybridized carbons (Fsp3) is 0.933. The molecule has 1 aliphatic heterocycles. The quantitative estimate of drug-likeness (QED) is 0.818. The van der Waals surface area contributed by atoms with E-state index in [0.29, 0.717) is 18.4 Å². The SMILES string of the molecule is CN(CC1CCCCC1)C(=O)CN1CCC(CO)C1. The maximum atomic E-state index is 12.2. The number of hydrogen-bond donors (Lipinski definition) is 1. The normalized spacial score (nSPS) is 25.7. The summed E-state index contributed by atoms with van der Waals surface area (Å²) in [5.74, 6) is 1.33. The number of aliphatic hydroxyl groups is 1. The lowest BCUT2D eigenvalue weighted by atomic mass is 9.89. The van der Waals surface area contributed by atoms with Crippen molar-refractivity contribution in [3.05, 3.63) is 0 Å². The van der Waals surface area contributed by atoms with Crippen molar-refractivity contribution in [3.63, 3.8) is 0 Å². The lowest BCUT2D eigenvalue weighted by Crippen LogP contribution is -2.40. The summed E-state index contributed by atoms with van der Waals surface area (Å²) in [6.07, 6.45) is 7.62. The van der Waals surface area contributed by atoms with E-state index in [-0.39, 0.29) is 12.5 Å². The first-order chi connectivity index (χ1) is 9.19. The molecular formula is C15H28N2O2. The Balaban J connectivity index is 1.70. The van der Waals surface area contributed by atoms with E-state index < -0.39 is 0 Å². The molecule has 2 aliphatic rings. The molecule has 0 aromatic rings. The predicted octanol–water partition coefficient (Wildman–Crippen LogP) is 1.34. The molecule has 1 unspecified atom stereocenters. The number of nitrogens with zero attached hydrogens (tertiary/aromatic N) is 2. The molecule has 110 valence electrons. The van der Waals surface area contributed by atoms with Crippen molar-refractivity contribution in [2.24, 2.45) is 11.8 Å². The van der Waals surface area contributed by atoms with Gasteiger partial charge >= 0.3 is 0 Å². The average molecular weight is 268 g/mol. The van der Waals surface area contributed by atoms with E-state index in [2.05, 4.69) is 4.90 Å². The highest BCUT2D eigenvalue weighted by atomic mass is 16.3. The van der Waals surface area contributed by atoms with Crippen LogP contribution in [-0.4, -0.2) is 60.6 Å². The van der Waals surface area contributed by atoms with Gasteiger partial charge in [-0.1, -0.05) is 19.3 Å². The molecule has 0 aromatic heterocycles. The zero-order valence-corrected chi connectivity index (χ0v) is 12.2. The van der Waals surface area contributed by atoms with Crippen LogP contribution in [0.5, 0.6) is 0 Å². The molecular weight excluding hydrogens is 240 g/mol. The van der Waals surface area contributed by atoms with Crippen molar-refractivity contribution in [2.45, 2.75) is 38.5 Å². The molecule has 1 saturated heterocycles. The molecule has 0 radical (unpaired) electrons. The van der Waals surface area contributed by atoms with Crippen LogP contribution in [0.25, 0.3) is 0 Å². The highest BCUT2D eigenvalue weighted by Gasteiger charge is 2.25. The van der Waals surface area contributed by atoms with Crippen molar-refractivity contribution in [3.8, 4) is 0 Å². The number of amides is 1. The summed E-state index contributed by atoms with van der Waals surface area (Å²) in [7, 11) is 1.94. The average Bonchev–Trinajstić information content (AvgIpc) is 2.87. The number of carbonyl (C=O) groups is 1. The van der Waals surface area contributed by atoms with Crippen LogP contribution >= 0.6 is 0 Å². The van der Waals surface area contributed by atoms with Gasteiger partial charge in [0, 0.05) is 26.7 Å². The minimum atomic E-state index is 0.240. The lowest BCUT2D eigenvalue weighted by Gasteiger charge is -2.28. The van der Waals surface area contributed by atoms with Gasteiger partial charge in [-0.2, -0.15) is 0 Å². The smallest absolute Gasteiger partial charge is 0.236 e. The number of aliphatic hydroxyl groups excluding tert-OH is 1. The predicted molar refractivity (Wildman–Crippen MR) is 75.8 cm³/mol. The van der Waals surface area contributed by atoms with Gasteiger partial charge in [0.05, 0.1) is 6.54 Å². The Hall–Kier alpha value is -0.610. The first-order valence-electron chi connectivity index (χ1n) is 7.76. The molecule has 2 rings (SSSR count). The van der Waals surface area contributed by atoms with Gasteiger partial charge in [-0.15, -0.1) is 0 Å². The second kappa shape index (κ2) is 7.25. The van der Waals surface area contributed by atoms with E-state index in [1.807, 2.05) is 11.9 Å². The Morgan fingerprint density at radius 1 is 1.21 bits per heavy atom. The molecule has 4 nitrogen and oxygen atoms in total. The van der Waals surface area contributed by atoms with Crippen molar-refractivity contribution < 1.29 is 9.90 Å². The first-order valence-corrected chi connectivity index (χ1v) is 7.76. The largest absolute Gasteiger partial charge is 0.396 e. The highest BCUT2D eigenvalue weighted by molar-refractivity contribution is 5.78. The van der Waals surface area contributed by atoms with Crippen molar-refractivity contribution in [1.82, 2.24) is 9.80 Å². The van der Waals surface area contributed by atoms with E-state index in [9.17, 15) is 4.79 Å². The van der Waals surface area contributed by atoms with Gasteiger partial charge in [-0.25, -0.2) is 0 Å². The Bertz CT molecular complexity index is 290. The summed E-state index contributed by atoms with van der Waals surface area (Å²) in [4.78, 5) is 16.3. The number of likely N-dealkylation sites (tertiary alicyclic amines) is 1. The minimum Gasteiger partial charge on any atom is -0.396 e. The molecule has 1 atom stereocenters. The Labute approximate surface area is 116 Å². The molecule has 1 N–H and O–H groups in total. The fourth-order valence-electron chi connectivity index (χ4n) is 3.38. The van der Waals surface area contributed by atoms with Crippen molar-refractivity contribution in [2.75, 3.05) is 39.8 Å². The van der Waals surface area contributed by atoms with Crippen LogP contribution in [-0.2, 0) is 4.79 Å². The van der Waals surface area contributed by atoms with Gasteiger partial charge in [0.25, 0.3) is 0 Å². The van der Waals surface area contributed by atoms with Gasteiger partial charge in [-0.3, -0.25) is 9.69 Å². The molecule has 4 heteroatoms. The van der Waals surface area contributed by atoms with Crippen molar-refractivity contribution >= 4 is 5.91 Å². The third kappa shape index (κ3) is 4.46. The summed E-state index contributed by atoms with van der Waals surface area (Å²) in [6.45, 7) is 3.53. The van der Waals surface area contributed by atoms with E-state index in [1.54, 1.807) is 0 Å². The second-order valence-corrected chi connectivity index (χ2v) is 6.35. The van der Waals surface area contributed by atoms with Crippen LogP contribution in [0.15, 0.2) is 0 Å². The van der Waals surface area contributed by atoms with Crippen LogP contribution < -0.4 is 0 Å². The summed E-state index contributed by atoms with van der Waals surface area (Å²) in [5.41, 5.74) is 0. The molecule has 0 spiro atoms. The minimum absolute atomic E-state index is 0.240.